The van der Waals surface area contributed by atoms with Gasteiger partial charge in [-0.15, -0.1) is 0 Å². The molecule has 0 aliphatic carbocycles. The maximum absolute atomic E-state index is 6.18. The molecule has 38 heavy (non-hydrogen) atoms. The summed E-state index contributed by atoms with van der Waals surface area (Å²) in [5.41, 5.74) is 2.63. The van der Waals surface area contributed by atoms with E-state index >= 15 is 0 Å². The van der Waals surface area contributed by atoms with Gasteiger partial charge in [-0.3, -0.25) is 0 Å². The van der Waals surface area contributed by atoms with Crippen LogP contribution >= 0.6 is 63.7 Å². The first-order valence-electron chi connectivity index (χ1n) is 14.7. The molecule has 2 nitrogen and oxygen atoms in total. The fraction of sp³-hybridized carbons (Fsp3) is 0.625. The van der Waals surface area contributed by atoms with Crippen molar-refractivity contribution in [2.75, 3.05) is 0 Å². The van der Waals surface area contributed by atoms with Crippen molar-refractivity contribution in [2.24, 2.45) is 0 Å². The van der Waals surface area contributed by atoms with Gasteiger partial charge in [-0.1, -0.05) is 103 Å². The van der Waals surface area contributed by atoms with Crippen molar-refractivity contribution >= 4 is 63.7 Å². The third kappa shape index (κ3) is 12.2. The van der Waals surface area contributed by atoms with Gasteiger partial charge >= 0.3 is 0 Å². The predicted octanol–water partition coefficient (Wildman–Crippen LogP) is 13.1. The summed E-state index contributed by atoms with van der Waals surface area (Å²) < 4.78 is 16.4. The van der Waals surface area contributed by atoms with E-state index in [2.05, 4.69) is 89.7 Å². The Hall–Kier alpha value is -0.0400. The van der Waals surface area contributed by atoms with Gasteiger partial charge in [0.15, 0.2) is 0 Å². The van der Waals surface area contributed by atoms with Crippen molar-refractivity contribution in [2.45, 2.75) is 130 Å². The molecular weight excluding hydrogens is 736 g/mol. The third-order valence-electron chi connectivity index (χ3n) is 6.94. The highest BCUT2D eigenvalue weighted by molar-refractivity contribution is 9.13. The zero-order chi connectivity index (χ0) is 27.8. The molecule has 0 N–H and O–H groups in total. The number of halogens is 4. The monoisotopic (exact) mass is 778 g/mol. The van der Waals surface area contributed by atoms with Crippen molar-refractivity contribution in [3.8, 4) is 11.5 Å². The second kappa shape index (κ2) is 19.9. The van der Waals surface area contributed by atoms with Crippen LogP contribution in [0.25, 0.3) is 0 Å². The predicted molar refractivity (Wildman–Crippen MR) is 178 cm³/mol. The number of benzene rings is 2. The Kier molecular flexibility index (Phi) is 17.9. The van der Waals surface area contributed by atoms with Gasteiger partial charge in [0.05, 0.1) is 8.95 Å². The molecule has 0 aromatic heterocycles. The van der Waals surface area contributed by atoms with Gasteiger partial charge in [0.25, 0.3) is 0 Å². The quantitative estimate of drug-likeness (QED) is 0.0984. The summed E-state index contributed by atoms with van der Waals surface area (Å²) in [6.45, 7) is 6.46. The van der Waals surface area contributed by atoms with E-state index in [0.29, 0.717) is 0 Å². The van der Waals surface area contributed by atoms with E-state index in [1.54, 1.807) is 0 Å². The highest BCUT2D eigenvalue weighted by Crippen LogP contribution is 2.39. The molecule has 0 atom stereocenters. The average molecular weight is 782 g/mol. The summed E-state index contributed by atoms with van der Waals surface area (Å²) >= 11 is 15.0. The molecular formula is C32H46Br4O2. The molecule has 0 fully saturated rings. The highest BCUT2D eigenvalue weighted by atomic mass is 79.9. The van der Waals surface area contributed by atoms with Gasteiger partial charge in [-0.25, -0.2) is 0 Å². The van der Waals surface area contributed by atoms with E-state index in [1.807, 2.05) is 19.1 Å². The lowest BCUT2D eigenvalue weighted by molar-refractivity contribution is 0.0209. The Labute approximate surface area is 265 Å². The van der Waals surface area contributed by atoms with E-state index < -0.39 is 6.29 Å². The minimum Gasteiger partial charge on any atom is -0.454 e. The van der Waals surface area contributed by atoms with Crippen LogP contribution in [0.2, 0.25) is 0 Å². The fourth-order valence-electron chi connectivity index (χ4n) is 4.64. The molecule has 0 aliphatic heterocycles. The molecule has 0 unspecified atom stereocenters. The molecule has 2 aromatic carbocycles. The maximum atomic E-state index is 6.18. The van der Waals surface area contributed by atoms with Crippen molar-refractivity contribution < 1.29 is 9.47 Å². The van der Waals surface area contributed by atoms with Crippen LogP contribution in [0, 0.1) is 0 Å². The lowest BCUT2D eigenvalue weighted by Gasteiger charge is -2.20. The van der Waals surface area contributed by atoms with Crippen molar-refractivity contribution in [1.82, 2.24) is 0 Å². The number of rotatable bonds is 20. The Morgan fingerprint density at radius 2 is 0.842 bits per heavy atom. The molecule has 2 rings (SSSR count). The molecule has 6 heteroatoms. The fourth-order valence-corrected chi connectivity index (χ4v) is 6.65. The summed E-state index contributed by atoms with van der Waals surface area (Å²) in [4.78, 5) is 0. The van der Waals surface area contributed by atoms with Crippen LogP contribution in [0.4, 0.5) is 0 Å². The van der Waals surface area contributed by atoms with Crippen molar-refractivity contribution in [1.29, 1.82) is 0 Å². The molecule has 0 amide bonds. The first kappa shape index (κ1) is 34.2. The Bertz CT molecular complexity index is 872. The highest BCUT2D eigenvalue weighted by Gasteiger charge is 2.16. The third-order valence-corrected chi connectivity index (χ3v) is 11.4. The Morgan fingerprint density at radius 3 is 1.21 bits per heavy atom. The minimum absolute atomic E-state index is 0.440. The van der Waals surface area contributed by atoms with Gasteiger partial charge in [0.2, 0.25) is 6.29 Å². The second-order valence-electron chi connectivity index (χ2n) is 10.2. The molecule has 0 radical (unpaired) electrons. The zero-order valence-electron chi connectivity index (χ0n) is 23.5. The van der Waals surface area contributed by atoms with Crippen LogP contribution in [0.5, 0.6) is 11.5 Å². The molecule has 2 aromatic rings. The summed E-state index contributed by atoms with van der Waals surface area (Å²) in [7, 11) is 0. The van der Waals surface area contributed by atoms with Gasteiger partial charge in [0.1, 0.15) is 11.5 Å². The van der Waals surface area contributed by atoms with Gasteiger partial charge in [-0.05, 0) is 113 Å². The first-order valence-corrected chi connectivity index (χ1v) is 17.8. The van der Waals surface area contributed by atoms with Crippen molar-refractivity contribution in [3.05, 3.63) is 53.3 Å². The van der Waals surface area contributed by atoms with E-state index in [1.165, 1.54) is 101 Å². The number of unbranched alkanes of at least 4 members (excludes halogenated alkanes) is 12. The van der Waals surface area contributed by atoms with Crippen LogP contribution in [-0.4, -0.2) is 6.29 Å². The Balaban J connectivity index is 1.84. The molecule has 0 aliphatic rings. The number of aryl methyl sites for hydroxylation is 2. The van der Waals surface area contributed by atoms with Crippen LogP contribution in [-0.2, 0) is 12.8 Å². The van der Waals surface area contributed by atoms with E-state index in [9.17, 15) is 0 Å². The molecule has 214 valence electrons. The SMILES string of the molecule is CCCCCCCCCc1ccc(OC(C)Oc2ccc(CCCCCCCCC)c(Br)c2Br)c(Br)c1Br. The van der Waals surface area contributed by atoms with Gasteiger partial charge in [-0.2, -0.15) is 0 Å². The van der Waals surface area contributed by atoms with Crippen LogP contribution in [0.3, 0.4) is 0 Å². The van der Waals surface area contributed by atoms with Crippen LogP contribution < -0.4 is 9.47 Å². The van der Waals surface area contributed by atoms with Crippen LogP contribution in [0.1, 0.15) is 122 Å². The summed E-state index contributed by atoms with van der Waals surface area (Å²) in [5.74, 6) is 1.55. The zero-order valence-corrected chi connectivity index (χ0v) is 29.9. The van der Waals surface area contributed by atoms with Gasteiger partial charge < -0.3 is 9.47 Å². The first-order chi connectivity index (χ1) is 18.4. The summed E-state index contributed by atoms with van der Waals surface area (Å²) in [6.07, 6.45) is 20.2. The summed E-state index contributed by atoms with van der Waals surface area (Å²) in [6, 6.07) is 8.42. The molecule has 0 saturated heterocycles. The van der Waals surface area contributed by atoms with E-state index in [4.69, 9.17) is 9.47 Å². The number of ether oxygens (including phenoxy) is 2. The minimum atomic E-state index is -0.440. The molecule has 0 heterocycles. The van der Waals surface area contributed by atoms with E-state index in [-0.39, 0.29) is 0 Å². The lowest BCUT2D eigenvalue weighted by atomic mass is 10.0. The molecule has 0 spiro atoms. The largest absolute Gasteiger partial charge is 0.454 e. The average Bonchev–Trinajstić information content (AvgIpc) is 2.90. The summed E-state index contributed by atoms with van der Waals surface area (Å²) in [5, 5.41) is 0. The normalized spacial score (nSPS) is 11.4. The van der Waals surface area contributed by atoms with E-state index in [0.717, 1.165) is 42.2 Å². The number of hydrogen-bond donors (Lipinski definition) is 0. The molecule has 0 bridgehead atoms. The van der Waals surface area contributed by atoms with Crippen molar-refractivity contribution in [3.63, 3.8) is 0 Å². The topological polar surface area (TPSA) is 18.5 Å². The second-order valence-corrected chi connectivity index (χ2v) is 13.4. The standard InChI is InChI=1S/C32H46Br4O2/c1-4-6-8-10-12-14-16-18-25-20-22-27(31(35)29(25)33)37-24(3)38-28-23-21-26(30(34)32(28)36)19-17-15-13-11-9-7-5-2/h20-24H,4-19H2,1-3H3. The van der Waals surface area contributed by atoms with Gasteiger partial charge in [0, 0.05) is 15.9 Å². The lowest BCUT2D eigenvalue weighted by Crippen LogP contribution is -2.20. The smallest absolute Gasteiger partial charge is 0.238 e. The Morgan fingerprint density at radius 1 is 0.500 bits per heavy atom. The maximum Gasteiger partial charge on any atom is 0.238 e. The van der Waals surface area contributed by atoms with Crippen LogP contribution in [0.15, 0.2) is 42.2 Å². The molecule has 0 saturated carbocycles. The number of hydrogen-bond acceptors (Lipinski definition) is 2.